The van der Waals surface area contributed by atoms with Crippen molar-refractivity contribution in [2.45, 2.75) is 44.5 Å². The summed E-state index contributed by atoms with van der Waals surface area (Å²) in [6.07, 6.45) is 1.01. The molecule has 1 saturated heterocycles. The van der Waals surface area contributed by atoms with Crippen molar-refractivity contribution >= 4 is 11.9 Å². The molecule has 2 bridgehead atoms. The van der Waals surface area contributed by atoms with E-state index in [1.165, 1.54) is 13.8 Å². The van der Waals surface area contributed by atoms with Gasteiger partial charge in [-0.05, 0) is 26.7 Å². The maximum absolute atomic E-state index is 11.6. The average molecular weight is 240 g/mol. The molecule has 0 aromatic heterocycles. The van der Waals surface area contributed by atoms with Crippen molar-refractivity contribution < 1.29 is 24.2 Å². The van der Waals surface area contributed by atoms with Crippen LogP contribution in [0.1, 0.15) is 26.7 Å². The number of ether oxygens (including phenoxy) is 2. The van der Waals surface area contributed by atoms with Gasteiger partial charge in [-0.15, -0.1) is 0 Å². The summed E-state index contributed by atoms with van der Waals surface area (Å²) >= 11 is 0. The monoisotopic (exact) mass is 240 g/mol. The molecule has 17 heavy (non-hydrogen) atoms. The van der Waals surface area contributed by atoms with E-state index in [-0.39, 0.29) is 35.9 Å². The summed E-state index contributed by atoms with van der Waals surface area (Å²) in [7, 11) is 0. The highest BCUT2D eigenvalue weighted by atomic mass is 16.6. The van der Waals surface area contributed by atoms with E-state index in [4.69, 9.17) is 9.47 Å². The first-order valence-corrected chi connectivity index (χ1v) is 6.02. The average Bonchev–Trinajstić information content (AvgIpc) is 2.80. The Hall–Kier alpha value is -1.10. The highest BCUT2D eigenvalue weighted by Gasteiger charge is 2.63. The first-order chi connectivity index (χ1) is 7.88. The summed E-state index contributed by atoms with van der Waals surface area (Å²) in [5.74, 6) is -0.346. The topological polar surface area (TPSA) is 72.8 Å². The number of rotatable bonds is 2. The number of aliphatic hydroxyl groups is 1. The number of hydrogen-bond acceptors (Lipinski definition) is 5. The van der Waals surface area contributed by atoms with Gasteiger partial charge in [0.25, 0.3) is 0 Å². The molecule has 0 aromatic carbocycles. The summed E-state index contributed by atoms with van der Waals surface area (Å²) in [5.41, 5.74) is -1.50. The van der Waals surface area contributed by atoms with Crippen LogP contribution in [-0.2, 0) is 19.1 Å². The minimum absolute atomic E-state index is 0.0158. The Morgan fingerprint density at radius 2 is 2.18 bits per heavy atom. The first kappa shape index (κ1) is 11.0. The van der Waals surface area contributed by atoms with Gasteiger partial charge in [0.1, 0.15) is 12.2 Å². The molecule has 2 saturated carbocycles. The fourth-order valence-electron chi connectivity index (χ4n) is 3.33. The van der Waals surface area contributed by atoms with Crippen molar-refractivity contribution in [1.82, 2.24) is 0 Å². The Bertz CT molecular complexity index is 383. The van der Waals surface area contributed by atoms with E-state index in [1.54, 1.807) is 0 Å². The predicted molar refractivity (Wildman–Crippen MR) is 55.8 cm³/mol. The summed E-state index contributed by atoms with van der Waals surface area (Å²) in [6.45, 7) is 2.79. The Balaban J connectivity index is 1.75. The SMILES string of the molecule is CC(C)(O)C(=O)OC1C2CC3C(=O)OC1C3C2. The van der Waals surface area contributed by atoms with E-state index in [1.807, 2.05) is 0 Å². The van der Waals surface area contributed by atoms with Crippen LogP contribution in [0.2, 0.25) is 0 Å². The molecule has 2 aliphatic carbocycles. The second kappa shape index (κ2) is 3.22. The van der Waals surface area contributed by atoms with Crippen LogP contribution in [0.3, 0.4) is 0 Å². The molecule has 1 N–H and O–H groups in total. The normalized spacial score (nSPS) is 42.8. The molecule has 0 amide bonds. The molecular formula is C12H16O5. The van der Waals surface area contributed by atoms with Crippen LogP contribution < -0.4 is 0 Å². The molecule has 3 rings (SSSR count). The predicted octanol–water partition coefficient (Wildman–Crippen LogP) is 0.250. The number of fused-ring (bicyclic) bond motifs is 1. The highest BCUT2D eigenvalue weighted by Crippen LogP contribution is 2.55. The van der Waals surface area contributed by atoms with Crippen LogP contribution in [0.5, 0.6) is 0 Å². The summed E-state index contributed by atoms with van der Waals surface area (Å²) in [5, 5.41) is 9.56. The molecule has 5 nitrogen and oxygen atoms in total. The van der Waals surface area contributed by atoms with Crippen molar-refractivity contribution in [3.8, 4) is 0 Å². The quantitative estimate of drug-likeness (QED) is 0.700. The second-order valence-electron chi connectivity index (χ2n) is 5.83. The Morgan fingerprint density at radius 3 is 2.82 bits per heavy atom. The van der Waals surface area contributed by atoms with Crippen LogP contribution in [-0.4, -0.2) is 34.9 Å². The van der Waals surface area contributed by atoms with Gasteiger partial charge in [0.05, 0.1) is 5.92 Å². The van der Waals surface area contributed by atoms with E-state index in [0.717, 1.165) is 12.8 Å². The third-order valence-electron chi connectivity index (χ3n) is 4.16. The molecule has 94 valence electrons. The Labute approximate surface area is 99.1 Å². The van der Waals surface area contributed by atoms with Crippen molar-refractivity contribution in [2.24, 2.45) is 17.8 Å². The largest absolute Gasteiger partial charge is 0.458 e. The number of carbonyl (C=O) groups is 2. The first-order valence-electron chi connectivity index (χ1n) is 6.02. The molecule has 5 atom stereocenters. The van der Waals surface area contributed by atoms with Crippen LogP contribution in [0, 0.1) is 17.8 Å². The highest BCUT2D eigenvalue weighted by molar-refractivity contribution is 5.79. The molecule has 3 aliphatic rings. The van der Waals surface area contributed by atoms with E-state index in [9.17, 15) is 14.7 Å². The van der Waals surface area contributed by atoms with Crippen molar-refractivity contribution in [2.75, 3.05) is 0 Å². The molecular weight excluding hydrogens is 224 g/mol. The molecule has 1 aliphatic heterocycles. The summed E-state index contributed by atoms with van der Waals surface area (Å²) in [6, 6.07) is 0. The van der Waals surface area contributed by atoms with E-state index in [0.29, 0.717) is 0 Å². The van der Waals surface area contributed by atoms with Crippen molar-refractivity contribution in [1.29, 1.82) is 0 Å². The molecule has 0 spiro atoms. The second-order valence-corrected chi connectivity index (χ2v) is 5.83. The van der Waals surface area contributed by atoms with Crippen LogP contribution in [0.25, 0.3) is 0 Å². The Kier molecular flexibility index (Phi) is 2.09. The summed E-state index contributed by atoms with van der Waals surface area (Å²) < 4.78 is 10.6. The number of carbonyl (C=O) groups excluding carboxylic acids is 2. The molecule has 5 heteroatoms. The number of esters is 2. The Morgan fingerprint density at radius 1 is 1.47 bits per heavy atom. The van der Waals surface area contributed by atoms with Crippen molar-refractivity contribution in [3.05, 3.63) is 0 Å². The van der Waals surface area contributed by atoms with Crippen LogP contribution in [0.15, 0.2) is 0 Å². The van der Waals surface area contributed by atoms with Crippen LogP contribution >= 0.6 is 0 Å². The molecule has 5 unspecified atom stereocenters. The number of hydrogen-bond donors (Lipinski definition) is 1. The third kappa shape index (κ3) is 1.48. The van der Waals surface area contributed by atoms with Gasteiger partial charge >= 0.3 is 11.9 Å². The maximum Gasteiger partial charge on any atom is 0.337 e. The van der Waals surface area contributed by atoms with Gasteiger partial charge in [-0.25, -0.2) is 4.79 Å². The van der Waals surface area contributed by atoms with Gasteiger partial charge in [0, 0.05) is 11.8 Å². The minimum Gasteiger partial charge on any atom is -0.458 e. The standard InChI is InChI=1S/C12H16O5/c1-12(2,15)11(14)17-8-5-3-6-7(4-5)10(13)16-9(6)8/h5-9,15H,3-4H2,1-2H3. The lowest BCUT2D eigenvalue weighted by Crippen LogP contribution is -2.42. The minimum atomic E-state index is -1.50. The third-order valence-corrected chi connectivity index (χ3v) is 4.16. The summed E-state index contributed by atoms with van der Waals surface area (Å²) in [4.78, 5) is 23.1. The fraction of sp³-hybridized carbons (Fsp3) is 0.833. The zero-order chi connectivity index (χ0) is 12.4. The lowest BCUT2D eigenvalue weighted by molar-refractivity contribution is -0.177. The molecule has 3 fully saturated rings. The van der Waals surface area contributed by atoms with Crippen LogP contribution in [0.4, 0.5) is 0 Å². The van der Waals surface area contributed by atoms with Gasteiger partial charge in [-0.3, -0.25) is 4.79 Å². The van der Waals surface area contributed by atoms with Crippen molar-refractivity contribution in [3.63, 3.8) is 0 Å². The lowest BCUT2D eigenvalue weighted by atomic mass is 9.88. The maximum atomic E-state index is 11.6. The zero-order valence-corrected chi connectivity index (χ0v) is 9.88. The fourth-order valence-corrected chi connectivity index (χ4v) is 3.33. The molecule has 1 heterocycles. The lowest BCUT2D eigenvalue weighted by Gasteiger charge is -2.27. The smallest absolute Gasteiger partial charge is 0.337 e. The van der Waals surface area contributed by atoms with Gasteiger partial charge in [0.2, 0.25) is 0 Å². The van der Waals surface area contributed by atoms with E-state index in [2.05, 4.69) is 0 Å². The van der Waals surface area contributed by atoms with E-state index < -0.39 is 11.6 Å². The van der Waals surface area contributed by atoms with Gasteiger partial charge in [-0.1, -0.05) is 0 Å². The van der Waals surface area contributed by atoms with Gasteiger partial charge in [0.15, 0.2) is 5.60 Å². The zero-order valence-electron chi connectivity index (χ0n) is 9.88. The molecule has 0 radical (unpaired) electrons. The molecule has 0 aromatic rings. The van der Waals surface area contributed by atoms with Gasteiger partial charge in [-0.2, -0.15) is 0 Å². The van der Waals surface area contributed by atoms with E-state index >= 15 is 0 Å². The van der Waals surface area contributed by atoms with Gasteiger partial charge < -0.3 is 14.6 Å².